The number of aromatic nitrogens is 2. The molecule has 1 heterocycles. The first-order valence-corrected chi connectivity index (χ1v) is 6.00. The molecule has 0 saturated heterocycles. The van der Waals surface area contributed by atoms with Gasteiger partial charge in [-0.15, -0.1) is 0 Å². The molecule has 0 amide bonds. The molecule has 0 atom stereocenters. The van der Waals surface area contributed by atoms with Crippen LogP contribution in [0.2, 0.25) is 0 Å². The van der Waals surface area contributed by atoms with Crippen molar-refractivity contribution < 1.29 is 0 Å². The van der Waals surface area contributed by atoms with E-state index in [0.29, 0.717) is 0 Å². The van der Waals surface area contributed by atoms with E-state index < -0.39 is 0 Å². The molecule has 2 aromatic carbocycles. The summed E-state index contributed by atoms with van der Waals surface area (Å²) in [5, 5.41) is 5.63. The van der Waals surface area contributed by atoms with Crippen molar-refractivity contribution in [1.82, 2.24) is 9.97 Å². The van der Waals surface area contributed by atoms with Gasteiger partial charge in [0.1, 0.15) is 5.82 Å². The molecule has 0 fully saturated rings. The number of aromatic amines is 1. The summed E-state index contributed by atoms with van der Waals surface area (Å²) in [5.41, 5.74) is 3.36. The molecular formula is C15H15N3. The van der Waals surface area contributed by atoms with E-state index in [1.54, 1.807) is 0 Å². The molecule has 2 N–H and O–H groups in total. The van der Waals surface area contributed by atoms with Crippen molar-refractivity contribution in [1.29, 1.82) is 0 Å². The normalized spacial score (nSPS) is 10.8. The van der Waals surface area contributed by atoms with E-state index in [1.165, 1.54) is 16.3 Å². The molecule has 0 spiro atoms. The van der Waals surface area contributed by atoms with Crippen LogP contribution in [0.4, 0.5) is 5.69 Å². The molecule has 0 radical (unpaired) electrons. The van der Waals surface area contributed by atoms with Gasteiger partial charge in [0.2, 0.25) is 0 Å². The van der Waals surface area contributed by atoms with Crippen LogP contribution in [0.25, 0.3) is 22.0 Å². The number of fused-ring (bicyclic) bond motifs is 1. The van der Waals surface area contributed by atoms with E-state index in [4.69, 9.17) is 0 Å². The molecule has 3 nitrogen and oxygen atoms in total. The molecule has 0 aliphatic heterocycles. The van der Waals surface area contributed by atoms with Gasteiger partial charge in [-0.25, -0.2) is 4.98 Å². The summed E-state index contributed by atoms with van der Waals surface area (Å²) in [6, 6.07) is 12.8. The minimum atomic E-state index is 0.940. The lowest BCUT2D eigenvalue weighted by molar-refractivity contribution is 1.15. The Morgan fingerprint density at radius 1 is 1.06 bits per heavy atom. The van der Waals surface area contributed by atoms with E-state index in [0.717, 1.165) is 17.2 Å². The monoisotopic (exact) mass is 237 g/mol. The highest BCUT2D eigenvalue weighted by Crippen LogP contribution is 2.25. The minimum absolute atomic E-state index is 0.940. The second-order valence-electron chi connectivity index (χ2n) is 4.41. The quantitative estimate of drug-likeness (QED) is 0.715. The summed E-state index contributed by atoms with van der Waals surface area (Å²) in [5.74, 6) is 0.940. The maximum absolute atomic E-state index is 4.23. The highest BCUT2D eigenvalue weighted by molar-refractivity contribution is 5.89. The topological polar surface area (TPSA) is 40.7 Å². The first-order valence-electron chi connectivity index (χ1n) is 6.00. The maximum atomic E-state index is 4.23. The van der Waals surface area contributed by atoms with Crippen LogP contribution in [0.15, 0.2) is 42.6 Å². The predicted molar refractivity (Wildman–Crippen MR) is 75.8 cm³/mol. The van der Waals surface area contributed by atoms with Gasteiger partial charge >= 0.3 is 0 Å². The zero-order valence-electron chi connectivity index (χ0n) is 10.5. The van der Waals surface area contributed by atoms with Gasteiger partial charge < -0.3 is 10.3 Å². The molecule has 1 aromatic heterocycles. The highest BCUT2D eigenvalue weighted by atomic mass is 14.9. The Hall–Kier alpha value is -2.29. The van der Waals surface area contributed by atoms with E-state index in [1.807, 2.05) is 20.2 Å². The SMILES string of the molecule is CNc1ccc2cc(-c3cnc(C)[nH]3)ccc2c1. The van der Waals surface area contributed by atoms with Crippen molar-refractivity contribution in [2.45, 2.75) is 6.92 Å². The Labute approximate surface area is 106 Å². The molecule has 3 aromatic rings. The number of benzene rings is 2. The molecule has 3 heteroatoms. The number of rotatable bonds is 2. The van der Waals surface area contributed by atoms with E-state index in [-0.39, 0.29) is 0 Å². The van der Waals surface area contributed by atoms with Crippen LogP contribution in [0, 0.1) is 6.92 Å². The van der Waals surface area contributed by atoms with Gasteiger partial charge in [-0.3, -0.25) is 0 Å². The summed E-state index contributed by atoms with van der Waals surface area (Å²) in [4.78, 5) is 7.49. The number of hydrogen-bond acceptors (Lipinski definition) is 2. The summed E-state index contributed by atoms with van der Waals surface area (Å²) in [6.45, 7) is 1.96. The second-order valence-corrected chi connectivity index (χ2v) is 4.41. The van der Waals surface area contributed by atoms with Gasteiger partial charge in [-0.05, 0) is 35.9 Å². The number of nitrogens with one attached hydrogen (secondary N) is 2. The van der Waals surface area contributed by atoms with Gasteiger partial charge in [0.25, 0.3) is 0 Å². The Morgan fingerprint density at radius 3 is 2.56 bits per heavy atom. The predicted octanol–water partition coefficient (Wildman–Crippen LogP) is 3.58. The Balaban J connectivity index is 2.11. The fourth-order valence-corrected chi connectivity index (χ4v) is 2.14. The molecule has 0 saturated carbocycles. The fourth-order valence-electron chi connectivity index (χ4n) is 2.14. The number of aryl methyl sites for hydroxylation is 1. The van der Waals surface area contributed by atoms with Crippen LogP contribution in [0.3, 0.4) is 0 Å². The van der Waals surface area contributed by atoms with Crippen LogP contribution in [0.5, 0.6) is 0 Å². The van der Waals surface area contributed by atoms with Crippen molar-refractivity contribution >= 4 is 16.5 Å². The van der Waals surface area contributed by atoms with Crippen molar-refractivity contribution in [2.24, 2.45) is 0 Å². The molecule has 18 heavy (non-hydrogen) atoms. The third-order valence-electron chi connectivity index (χ3n) is 3.14. The largest absolute Gasteiger partial charge is 0.388 e. The first kappa shape index (κ1) is 10.8. The third kappa shape index (κ3) is 1.84. The van der Waals surface area contributed by atoms with Crippen molar-refractivity contribution in [3.8, 4) is 11.3 Å². The summed E-state index contributed by atoms with van der Waals surface area (Å²) >= 11 is 0. The summed E-state index contributed by atoms with van der Waals surface area (Å²) in [7, 11) is 1.93. The van der Waals surface area contributed by atoms with Crippen molar-refractivity contribution in [3.05, 3.63) is 48.4 Å². The maximum Gasteiger partial charge on any atom is 0.103 e. The number of H-pyrrole nitrogens is 1. The van der Waals surface area contributed by atoms with Gasteiger partial charge in [0.05, 0.1) is 11.9 Å². The molecule has 0 aliphatic carbocycles. The first-order chi connectivity index (χ1) is 8.76. The summed E-state index contributed by atoms with van der Waals surface area (Å²) < 4.78 is 0. The van der Waals surface area contributed by atoms with Crippen LogP contribution in [0.1, 0.15) is 5.82 Å². The zero-order chi connectivity index (χ0) is 12.5. The number of anilines is 1. The van der Waals surface area contributed by atoms with E-state index in [2.05, 4.69) is 51.7 Å². The Kier molecular flexibility index (Phi) is 2.52. The Bertz CT molecular complexity index is 698. The molecule has 0 aliphatic rings. The molecule has 3 rings (SSSR count). The van der Waals surface area contributed by atoms with Crippen molar-refractivity contribution in [2.75, 3.05) is 12.4 Å². The molecular weight excluding hydrogens is 222 g/mol. The van der Waals surface area contributed by atoms with E-state index >= 15 is 0 Å². The van der Waals surface area contributed by atoms with Gasteiger partial charge in [0, 0.05) is 18.3 Å². The zero-order valence-corrected chi connectivity index (χ0v) is 10.5. The summed E-state index contributed by atoms with van der Waals surface area (Å²) in [6.07, 6.45) is 1.87. The van der Waals surface area contributed by atoms with Gasteiger partial charge in [-0.2, -0.15) is 0 Å². The lowest BCUT2D eigenvalue weighted by atomic mass is 10.0. The highest BCUT2D eigenvalue weighted by Gasteiger charge is 2.02. The second kappa shape index (κ2) is 4.18. The van der Waals surface area contributed by atoms with Crippen LogP contribution < -0.4 is 5.32 Å². The molecule has 0 bridgehead atoms. The third-order valence-corrected chi connectivity index (χ3v) is 3.14. The van der Waals surface area contributed by atoms with Crippen molar-refractivity contribution in [3.63, 3.8) is 0 Å². The molecule has 0 unspecified atom stereocenters. The number of imidazole rings is 1. The Morgan fingerprint density at radius 2 is 1.83 bits per heavy atom. The van der Waals surface area contributed by atoms with Crippen LogP contribution in [-0.2, 0) is 0 Å². The average molecular weight is 237 g/mol. The van der Waals surface area contributed by atoms with Gasteiger partial charge in [0.15, 0.2) is 0 Å². The van der Waals surface area contributed by atoms with Gasteiger partial charge in [-0.1, -0.05) is 18.2 Å². The fraction of sp³-hybridized carbons (Fsp3) is 0.133. The molecule has 90 valence electrons. The standard InChI is InChI=1S/C15H15N3/c1-10-17-9-15(18-10)13-4-3-12-8-14(16-2)6-5-11(12)7-13/h3-9,16H,1-2H3,(H,17,18). The number of hydrogen-bond donors (Lipinski definition) is 2. The number of nitrogens with zero attached hydrogens (tertiary/aromatic N) is 1. The van der Waals surface area contributed by atoms with Crippen LogP contribution in [-0.4, -0.2) is 17.0 Å². The van der Waals surface area contributed by atoms with E-state index in [9.17, 15) is 0 Å². The smallest absolute Gasteiger partial charge is 0.103 e. The van der Waals surface area contributed by atoms with Crippen LogP contribution >= 0.6 is 0 Å². The average Bonchev–Trinajstić information content (AvgIpc) is 2.84. The lowest BCUT2D eigenvalue weighted by Gasteiger charge is -2.05. The minimum Gasteiger partial charge on any atom is -0.388 e. The lowest BCUT2D eigenvalue weighted by Crippen LogP contribution is -1.87.